The van der Waals surface area contributed by atoms with Crippen molar-refractivity contribution < 1.29 is 14.7 Å². The van der Waals surface area contributed by atoms with E-state index in [1.54, 1.807) is 0 Å². The number of carbonyl (C=O) groups is 2. The molecule has 0 aromatic rings. The number of hydrogen-bond acceptors (Lipinski definition) is 2. The molecule has 0 heterocycles. The van der Waals surface area contributed by atoms with Crippen LogP contribution in [0.4, 0.5) is 0 Å². The lowest BCUT2D eigenvalue weighted by atomic mass is 9.95. The van der Waals surface area contributed by atoms with Gasteiger partial charge in [0.2, 0.25) is 5.91 Å². The van der Waals surface area contributed by atoms with Crippen LogP contribution in [-0.4, -0.2) is 23.0 Å². The van der Waals surface area contributed by atoms with Gasteiger partial charge in [0, 0.05) is 12.1 Å². The Kier molecular flexibility index (Phi) is 4.62. The third-order valence-corrected chi connectivity index (χ3v) is 2.68. The van der Waals surface area contributed by atoms with Crippen LogP contribution in [-0.2, 0) is 9.59 Å². The van der Waals surface area contributed by atoms with Crippen LogP contribution in [0.25, 0.3) is 0 Å². The molecule has 1 aliphatic carbocycles. The Morgan fingerprint density at radius 3 is 2.40 bits per heavy atom. The van der Waals surface area contributed by atoms with E-state index in [1.165, 1.54) is 6.42 Å². The number of carbonyl (C=O) groups excluding carboxylic acids is 1. The highest BCUT2D eigenvalue weighted by molar-refractivity contribution is 6.42. The zero-order valence-electron chi connectivity index (χ0n) is 8.33. The van der Waals surface area contributed by atoms with Crippen molar-refractivity contribution in [2.45, 2.75) is 38.1 Å². The first-order valence-corrected chi connectivity index (χ1v) is 5.38. The van der Waals surface area contributed by atoms with E-state index < -0.39 is 16.9 Å². The molecule has 0 aliphatic heterocycles. The second-order valence-corrected chi connectivity index (χ2v) is 4.05. The van der Waals surface area contributed by atoms with Crippen molar-refractivity contribution in [1.29, 1.82) is 0 Å². The third kappa shape index (κ3) is 4.34. The molecule has 1 fully saturated rings. The van der Waals surface area contributed by atoms with E-state index in [1.807, 2.05) is 0 Å². The fourth-order valence-electron chi connectivity index (χ4n) is 1.67. The number of halogens is 1. The molecular formula is C10H14ClNO3. The summed E-state index contributed by atoms with van der Waals surface area (Å²) in [5.74, 6) is -1.70. The van der Waals surface area contributed by atoms with Crippen molar-refractivity contribution in [2.24, 2.45) is 0 Å². The summed E-state index contributed by atoms with van der Waals surface area (Å²) in [6.07, 6.45) is 6.27. The molecule has 2 N–H and O–H groups in total. The average molecular weight is 232 g/mol. The molecule has 0 atom stereocenters. The van der Waals surface area contributed by atoms with Gasteiger partial charge in [-0.3, -0.25) is 4.79 Å². The monoisotopic (exact) mass is 231 g/mol. The van der Waals surface area contributed by atoms with Crippen LogP contribution in [0.1, 0.15) is 32.1 Å². The van der Waals surface area contributed by atoms with E-state index in [2.05, 4.69) is 5.32 Å². The molecule has 1 amide bonds. The fraction of sp³-hybridized carbons (Fsp3) is 0.600. The number of carboxylic acid groups (broad SMARTS) is 1. The number of carboxylic acids is 1. The maximum absolute atomic E-state index is 11.3. The molecule has 1 rings (SSSR count). The van der Waals surface area contributed by atoms with Crippen LogP contribution in [0.3, 0.4) is 0 Å². The first-order valence-electron chi connectivity index (χ1n) is 5.00. The Morgan fingerprint density at radius 1 is 1.27 bits per heavy atom. The fourth-order valence-corrected chi connectivity index (χ4v) is 1.77. The summed E-state index contributed by atoms with van der Waals surface area (Å²) in [6.45, 7) is 0. The third-order valence-electron chi connectivity index (χ3n) is 2.41. The highest BCUT2D eigenvalue weighted by Crippen LogP contribution is 2.17. The quantitative estimate of drug-likeness (QED) is 0.726. The van der Waals surface area contributed by atoms with Crippen LogP contribution in [0.2, 0.25) is 0 Å². The van der Waals surface area contributed by atoms with Gasteiger partial charge < -0.3 is 10.4 Å². The standard InChI is InChI=1S/C10H14ClNO3/c11-8(10(14)15)6-9(13)12-7-4-2-1-3-5-7/h6-7H,1-5H2,(H,12,13)(H,14,15)/b8-6+. The Balaban J connectivity index is 2.41. The topological polar surface area (TPSA) is 66.4 Å². The summed E-state index contributed by atoms with van der Waals surface area (Å²) in [5, 5.41) is 10.7. The van der Waals surface area contributed by atoms with E-state index in [0.717, 1.165) is 31.8 Å². The molecule has 0 spiro atoms. The zero-order valence-corrected chi connectivity index (χ0v) is 9.09. The normalized spacial score (nSPS) is 18.6. The molecule has 84 valence electrons. The minimum absolute atomic E-state index is 0.167. The van der Waals surface area contributed by atoms with E-state index in [4.69, 9.17) is 16.7 Å². The van der Waals surface area contributed by atoms with E-state index in [-0.39, 0.29) is 6.04 Å². The number of nitrogens with one attached hydrogen (secondary N) is 1. The van der Waals surface area contributed by atoms with Gasteiger partial charge in [0.15, 0.2) is 0 Å². The van der Waals surface area contributed by atoms with Crippen molar-refractivity contribution >= 4 is 23.5 Å². The van der Waals surface area contributed by atoms with Gasteiger partial charge >= 0.3 is 5.97 Å². The van der Waals surface area contributed by atoms with E-state index in [9.17, 15) is 9.59 Å². The summed E-state index contributed by atoms with van der Waals surface area (Å²) in [6, 6.07) is 0.167. The second-order valence-electron chi connectivity index (χ2n) is 3.64. The molecule has 0 radical (unpaired) electrons. The molecule has 1 aliphatic rings. The minimum Gasteiger partial charge on any atom is -0.477 e. The maximum Gasteiger partial charge on any atom is 0.347 e. The maximum atomic E-state index is 11.3. The van der Waals surface area contributed by atoms with Gasteiger partial charge in [-0.2, -0.15) is 0 Å². The lowest BCUT2D eigenvalue weighted by Gasteiger charge is -2.21. The van der Waals surface area contributed by atoms with Crippen LogP contribution in [0, 0.1) is 0 Å². The van der Waals surface area contributed by atoms with Gasteiger partial charge in [0.1, 0.15) is 5.03 Å². The summed E-state index contributed by atoms with van der Waals surface area (Å²) >= 11 is 5.33. The molecule has 0 unspecified atom stereocenters. The SMILES string of the molecule is O=C(/C=C(/Cl)C(=O)O)NC1CCCCC1. The van der Waals surface area contributed by atoms with Crippen molar-refractivity contribution in [3.8, 4) is 0 Å². The van der Waals surface area contributed by atoms with Crippen LogP contribution in [0.15, 0.2) is 11.1 Å². The summed E-state index contributed by atoms with van der Waals surface area (Å²) in [7, 11) is 0. The summed E-state index contributed by atoms with van der Waals surface area (Å²) < 4.78 is 0. The van der Waals surface area contributed by atoms with Gasteiger partial charge in [-0.1, -0.05) is 30.9 Å². The first-order chi connectivity index (χ1) is 7.09. The highest BCUT2D eigenvalue weighted by atomic mass is 35.5. The van der Waals surface area contributed by atoms with Gasteiger partial charge in [-0.05, 0) is 12.8 Å². The molecule has 0 aromatic heterocycles. The molecule has 15 heavy (non-hydrogen) atoms. The van der Waals surface area contributed by atoms with Gasteiger partial charge in [0.25, 0.3) is 0 Å². The minimum atomic E-state index is -1.28. The lowest BCUT2D eigenvalue weighted by molar-refractivity contribution is -0.132. The number of rotatable bonds is 3. The predicted molar refractivity (Wildman–Crippen MR) is 56.6 cm³/mol. The lowest BCUT2D eigenvalue weighted by Crippen LogP contribution is -2.35. The van der Waals surface area contributed by atoms with Gasteiger partial charge in [-0.15, -0.1) is 0 Å². The van der Waals surface area contributed by atoms with E-state index >= 15 is 0 Å². The Morgan fingerprint density at radius 2 is 1.87 bits per heavy atom. The first kappa shape index (κ1) is 12.0. The molecule has 1 saturated carbocycles. The van der Waals surface area contributed by atoms with Crippen molar-refractivity contribution in [1.82, 2.24) is 5.32 Å². The van der Waals surface area contributed by atoms with E-state index in [0.29, 0.717) is 0 Å². The van der Waals surface area contributed by atoms with Crippen molar-refractivity contribution in [3.63, 3.8) is 0 Å². The smallest absolute Gasteiger partial charge is 0.347 e. The number of hydrogen-bond donors (Lipinski definition) is 2. The Labute approximate surface area is 93.3 Å². The molecular weight excluding hydrogens is 218 g/mol. The Hall–Kier alpha value is -1.03. The van der Waals surface area contributed by atoms with Crippen LogP contribution < -0.4 is 5.32 Å². The molecule has 5 heteroatoms. The molecule has 0 saturated heterocycles. The number of amides is 1. The largest absolute Gasteiger partial charge is 0.477 e. The predicted octanol–water partition coefficient (Wildman–Crippen LogP) is 1.64. The van der Waals surface area contributed by atoms with Crippen LogP contribution >= 0.6 is 11.6 Å². The molecule has 0 aromatic carbocycles. The van der Waals surface area contributed by atoms with Crippen molar-refractivity contribution in [3.05, 3.63) is 11.1 Å². The zero-order chi connectivity index (χ0) is 11.3. The number of aliphatic carboxylic acids is 1. The Bertz CT molecular complexity index is 282. The highest BCUT2D eigenvalue weighted by Gasteiger charge is 2.15. The average Bonchev–Trinajstić information content (AvgIpc) is 2.18. The summed E-state index contributed by atoms with van der Waals surface area (Å²) in [4.78, 5) is 21.6. The van der Waals surface area contributed by atoms with Gasteiger partial charge in [0.05, 0.1) is 0 Å². The van der Waals surface area contributed by atoms with Gasteiger partial charge in [-0.25, -0.2) is 4.79 Å². The van der Waals surface area contributed by atoms with Crippen molar-refractivity contribution in [2.75, 3.05) is 0 Å². The molecule has 4 nitrogen and oxygen atoms in total. The molecule has 0 bridgehead atoms. The van der Waals surface area contributed by atoms with Crippen LogP contribution in [0.5, 0.6) is 0 Å². The second kappa shape index (κ2) is 5.75. The summed E-state index contributed by atoms with van der Waals surface area (Å²) in [5.41, 5.74) is 0.